The van der Waals surface area contributed by atoms with Gasteiger partial charge in [-0.15, -0.1) is 0 Å². The molecule has 0 atom stereocenters. The fraction of sp³-hybridized carbons (Fsp3) is 0.0476. The van der Waals surface area contributed by atoms with Crippen molar-refractivity contribution in [1.29, 1.82) is 0 Å². The highest BCUT2D eigenvalue weighted by molar-refractivity contribution is 6.07. The van der Waals surface area contributed by atoms with Gasteiger partial charge in [0.1, 0.15) is 11.6 Å². The van der Waals surface area contributed by atoms with Crippen LogP contribution in [0.2, 0.25) is 0 Å². The molecule has 7 heteroatoms. The number of nitrogens with zero attached hydrogens (tertiary/aromatic N) is 3. The van der Waals surface area contributed by atoms with Gasteiger partial charge >= 0.3 is 0 Å². The Morgan fingerprint density at radius 3 is 2.50 bits per heavy atom. The maximum Gasteiger partial charge on any atom is 0.259 e. The molecule has 28 heavy (non-hydrogen) atoms. The lowest BCUT2D eigenvalue weighted by atomic mass is 10.2. The number of amides is 1. The minimum Gasteiger partial charge on any atom is -0.365 e. The number of pyridine rings is 2. The van der Waals surface area contributed by atoms with Crippen LogP contribution in [-0.4, -0.2) is 25.8 Å². The van der Waals surface area contributed by atoms with E-state index in [9.17, 15) is 4.79 Å². The highest BCUT2D eigenvalue weighted by Crippen LogP contribution is 2.19. The maximum atomic E-state index is 12.7. The number of nitrogens with one attached hydrogen (secondary N) is 3. The predicted octanol–water partition coefficient (Wildman–Crippen LogP) is 3.73. The van der Waals surface area contributed by atoms with Gasteiger partial charge in [-0.1, -0.05) is 0 Å². The van der Waals surface area contributed by atoms with Gasteiger partial charge in [0.2, 0.25) is 0 Å². The highest BCUT2D eigenvalue weighted by atomic mass is 16.1. The topological polar surface area (TPSA) is 95.6 Å². The van der Waals surface area contributed by atoms with Gasteiger partial charge in [0.05, 0.1) is 5.56 Å². The zero-order chi connectivity index (χ0) is 19.2. The molecule has 138 valence electrons. The molecule has 0 saturated carbocycles. The quantitative estimate of drug-likeness (QED) is 0.481. The van der Waals surface area contributed by atoms with Gasteiger partial charge in [-0.3, -0.25) is 9.78 Å². The second-order valence-corrected chi connectivity index (χ2v) is 6.08. The minimum absolute atomic E-state index is 0.226. The predicted molar refractivity (Wildman–Crippen MR) is 108 cm³/mol. The average molecular weight is 370 g/mol. The van der Waals surface area contributed by atoms with Crippen molar-refractivity contribution >= 4 is 17.4 Å². The molecule has 0 bridgehead atoms. The summed E-state index contributed by atoms with van der Waals surface area (Å²) >= 11 is 0. The molecule has 1 aromatic carbocycles. The molecule has 0 spiro atoms. The van der Waals surface area contributed by atoms with Gasteiger partial charge in [0.15, 0.2) is 0 Å². The third-order valence-corrected chi connectivity index (χ3v) is 4.18. The Morgan fingerprint density at radius 2 is 1.75 bits per heavy atom. The van der Waals surface area contributed by atoms with E-state index >= 15 is 0 Å². The van der Waals surface area contributed by atoms with Crippen LogP contribution in [0.25, 0.3) is 11.4 Å². The van der Waals surface area contributed by atoms with Crippen molar-refractivity contribution in [1.82, 2.24) is 19.9 Å². The number of carbonyl (C=O) groups excluding carboxylic acids is 1. The van der Waals surface area contributed by atoms with Crippen molar-refractivity contribution in [3.05, 3.63) is 90.6 Å². The van der Waals surface area contributed by atoms with Crippen LogP contribution in [0.15, 0.2) is 79.5 Å². The van der Waals surface area contributed by atoms with Gasteiger partial charge in [0.25, 0.3) is 5.91 Å². The summed E-state index contributed by atoms with van der Waals surface area (Å²) in [7, 11) is 0. The van der Waals surface area contributed by atoms with Crippen molar-refractivity contribution in [2.45, 2.75) is 6.54 Å². The van der Waals surface area contributed by atoms with Crippen LogP contribution in [0, 0.1) is 0 Å². The van der Waals surface area contributed by atoms with Crippen LogP contribution in [0.3, 0.4) is 0 Å². The number of aromatic nitrogens is 4. The molecule has 4 rings (SSSR count). The Hall–Kier alpha value is -4.00. The van der Waals surface area contributed by atoms with Gasteiger partial charge in [-0.2, -0.15) is 0 Å². The first kappa shape index (κ1) is 17.4. The first-order valence-corrected chi connectivity index (χ1v) is 8.78. The number of H-pyrrole nitrogens is 1. The second kappa shape index (κ2) is 8.13. The molecule has 7 nitrogen and oxygen atoms in total. The number of benzene rings is 1. The smallest absolute Gasteiger partial charge is 0.259 e. The fourth-order valence-corrected chi connectivity index (χ4v) is 2.75. The second-order valence-electron chi connectivity index (χ2n) is 6.08. The first-order chi connectivity index (χ1) is 13.8. The molecule has 3 heterocycles. The molecule has 0 unspecified atom stereocenters. The average Bonchev–Trinajstić information content (AvgIpc) is 3.29. The number of hydrogen-bond donors (Lipinski definition) is 3. The molecule has 0 aliphatic heterocycles. The summed E-state index contributed by atoms with van der Waals surface area (Å²) in [5, 5.41) is 6.12. The first-order valence-electron chi connectivity index (χ1n) is 8.78. The van der Waals surface area contributed by atoms with Crippen molar-refractivity contribution in [3.8, 4) is 11.4 Å². The lowest BCUT2D eigenvalue weighted by Gasteiger charge is -2.11. The summed E-state index contributed by atoms with van der Waals surface area (Å²) in [5.74, 6) is 1.09. The van der Waals surface area contributed by atoms with E-state index in [1.807, 2.05) is 36.4 Å². The van der Waals surface area contributed by atoms with Crippen LogP contribution in [0.4, 0.5) is 11.5 Å². The Labute approximate surface area is 161 Å². The van der Waals surface area contributed by atoms with E-state index in [0.29, 0.717) is 23.6 Å². The van der Waals surface area contributed by atoms with E-state index in [4.69, 9.17) is 0 Å². The number of imidazole rings is 1. The van der Waals surface area contributed by atoms with E-state index in [0.717, 1.165) is 17.0 Å². The van der Waals surface area contributed by atoms with E-state index in [1.165, 1.54) is 0 Å². The molecule has 0 aliphatic carbocycles. The number of anilines is 2. The standard InChI is InChI=1S/C21H18N6O/c28-21(27-17-5-3-16(4-6-17)19-24-12-13-25-19)18-2-1-9-23-20(18)26-14-15-7-10-22-11-8-15/h1-13H,14H2,(H,23,26)(H,24,25)(H,27,28). The summed E-state index contributed by atoms with van der Waals surface area (Å²) in [6, 6.07) is 14.8. The van der Waals surface area contributed by atoms with Crippen molar-refractivity contribution in [3.63, 3.8) is 0 Å². The molecular weight excluding hydrogens is 352 g/mol. The summed E-state index contributed by atoms with van der Waals surface area (Å²) < 4.78 is 0. The normalized spacial score (nSPS) is 10.4. The van der Waals surface area contributed by atoms with Crippen molar-refractivity contribution < 1.29 is 4.79 Å². The lowest BCUT2D eigenvalue weighted by molar-refractivity contribution is 0.102. The molecule has 1 amide bonds. The molecular formula is C21H18N6O. The number of hydrogen-bond acceptors (Lipinski definition) is 5. The maximum absolute atomic E-state index is 12.7. The summed E-state index contributed by atoms with van der Waals surface area (Å²) in [5.41, 5.74) is 3.18. The molecule has 0 saturated heterocycles. The Balaban J connectivity index is 1.46. The molecule has 0 aliphatic rings. The summed E-state index contributed by atoms with van der Waals surface area (Å²) in [6.07, 6.45) is 8.59. The highest BCUT2D eigenvalue weighted by Gasteiger charge is 2.12. The number of aromatic amines is 1. The zero-order valence-corrected chi connectivity index (χ0v) is 15.0. The number of rotatable bonds is 6. The number of carbonyl (C=O) groups is 1. The molecule has 4 aromatic rings. The van der Waals surface area contributed by atoms with Crippen LogP contribution >= 0.6 is 0 Å². The van der Waals surface area contributed by atoms with Gasteiger partial charge in [-0.25, -0.2) is 9.97 Å². The minimum atomic E-state index is -0.226. The van der Waals surface area contributed by atoms with Gasteiger partial charge in [-0.05, 0) is 54.1 Å². The Bertz CT molecular complexity index is 1050. The fourth-order valence-electron chi connectivity index (χ4n) is 2.75. The van der Waals surface area contributed by atoms with E-state index < -0.39 is 0 Å². The molecule has 3 aromatic heterocycles. The Kier molecular flexibility index (Phi) is 5.06. The largest absolute Gasteiger partial charge is 0.365 e. The van der Waals surface area contributed by atoms with E-state index in [1.54, 1.807) is 43.1 Å². The monoisotopic (exact) mass is 370 g/mol. The third kappa shape index (κ3) is 4.04. The summed E-state index contributed by atoms with van der Waals surface area (Å²) in [4.78, 5) is 28.3. The van der Waals surface area contributed by atoms with Crippen LogP contribution < -0.4 is 10.6 Å². The van der Waals surface area contributed by atoms with Gasteiger partial charge in [0, 0.05) is 48.8 Å². The molecule has 0 radical (unpaired) electrons. The van der Waals surface area contributed by atoms with Crippen LogP contribution in [-0.2, 0) is 6.54 Å². The van der Waals surface area contributed by atoms with Crippen LogP contribution in [0.1, 0.15) is 15.9 Å². The third-order valence-electron chi connectivity index (χ3n) is 4.18. The lowest BCUT2D eigenvalue weighted by Crippen LogP contribution is -2.15. The van der Waals surface area contributed by atoms with Crippen LogP contribution in [0.5, 0.6) is 0 Å². The van der Waals surface area contributed by atoms with Crippen molar-refractivity contribution in [2.24, 2.45) is 0 Å². The van der Waals surface area contributed by atoms with Gasteiger partial charge < -0.3 is 15.6 Å². The zero-order valence-electron chi connectivity index (χ0n) is 15.0. The SMILES string of the molecule is O=C(Nc1ccc(-c2ncc[nH]2)cc1)c1cccnc1NCc1ccncc1. The van der Waals surface area contributed by atoms with Crippen molar-refractivity contribution in [2.75, 3.05) is 10.6 Å². The molecule has 3 N–H and O–H groups in total. The Morgan fingerprint density at radius 1 is 0.929 bits per heavy atom. The summed E-state index contributed by atoms with van der Waals surface area (Å²) in [6.45, 7) is 0.553. The van der Waals surface area contributed by atoms with E-state index in [-0.39, 0.29) is 5.91 Å². The molecule has 0 fully saturated rings. The van der Waals surface area contributed by atoms with E-state index in [2.05, 4.69) is 30.6 Å².